The van der Waals surface area contributed by atoms with Crippen molar-refractivity contribution in [2.24, 2.45) is 0 Å². The fraction of sp³-hybridized carbons (Fsp3) is 0.108. The Morgan fingerprint density at radius 3 is 1.93 bits per heavy atom. The van der Waals surface area contributed by atoms with Crippen LogP contribution < -0.4 is 0 Å². The number of hydrogen-bond donors (Lipinski definition) is 0. The highest BCUT2D eigenvalue weighted by atomic mass is 32.1. The van der Waals surface area contributed by atoms with E-state index in [0.29, 0.717) is 0 Å². The molecule has 0 saturated heterocycles. The molecule has 0 aliphatic heterocycles. The molecular formula is C74H60S. The highest BCUT2D eigenvalue weighted by Gasteiger charge is 2.50. The summed E-state index contributed by atoms with van der Waals surface area (Å²) in [5, 5.41) is 4.00. The van der Waals surface area contributed by atoms with Crippen molar-refractivity contribution in [3.05, 3.63) is 314 Å². The van der Waals surface area contributed by atoms with E-state index in [9.17, 15) is 0 Å². The van der Waals surface area contributed by atoms with Gasteiger partial charge in [-0.3, -0.25) is 0 Å². The monoisotopic (exact) mass is 980 g/mol. The van der Waals surface area contributed by atoms with Crippen molar-refractivity contribution in [2.45, 2.75) is 52.4 Å². The van der Waals surface area contributed by atoms with Crippen molar-refractivity contribution < 1.29 is 0 Å². The minimum atomic E-state index is -0.361. The van der Waals surface area contributed by atoms with E-state index >= 15 is 0 Å². The summed E-state index contributed by atoms with van der Waals surface area (Å²) < 4.78 is 1.31. The molecular weight excluding hydrogens is 921 g/mol. The number of benzene rings is 10. The highest BCUT2D eigenvalue weighted by molar-refractivity contribution is 7.20. The maximum absolute atomic E-state index is 4.02. The predicted octanol–water partition coefficient (Wildman–Crippen LogP) is 20.0. The summed E-state index contributed by atoms with van der Waals surface area (Å²) in [6.45, 7) is 12.5. The Balaban J connectivity index is 0.000000138. The Hall–Kier alpha value is -8.36. The van der Waals surface area contributed by atoms with Crippen LogP contribution in [-0.4, -0.2) is 0 Å². The molecule has 1 heterocycles. The molecule has 1 atom stereocenters. The van der Waals surface area contributed by atoms with Crippen molar-refractivity contribution in [2.75, 3.05) is 0 Å². The number of rotatable bonds is 5. The van der Waals surface area contributed by atoms with Gasteiger partial charge in [0.2, 0.25) is 0 Å². The van der Waals surface area contributed by atoms with Crippen molar-refractivity contribution in [1.29, 1.82) is 0 Å². The van der Waals surface area contributed by atoms with Gasteiger partial charge in [0.1, 0.15) is 0 Å². The first-order valence-corrected chi connectivity index (χ1v) is 27.3. The lowest BCUT2D eigenvalue weighted by atomic mass is 9.60. The maximum Gasteiger partial charge on any atom is 0.0719 e. The average molecular weight is 981 g/mol. The molecule has 0 bridgehead atoms. The predicted molar refractivity (Wildman–Crippen MR) is 324 cm³/mol. The first-order valence-electron chi connectivity index (χ1n) is 26.5. The Morgan fingerprint density at radius 1 is 0.520 bits per heavy atom. The molecule has 0 amide bonds. The van der Waals surface area contributed by atoms with Crippen molar-refractivity contribution >= 4 is 49.9 Å². The Morgan fingerprint density at radius 2 is 1.16 bits per heavy atom. The number of allylic oxidation sites excluding steroid dienone is 2. The van der Waals surface area contributed by atoms with E-state index in [1.165, 1.54) is 137 Å². The van der Waals surface area contributed by atoms with E-state index in [2.05, 4.69) is 265 Å². The summed E-state index contributed by atoms with van der Waals surface area (Å²) in [5.41, 5.74) is 26.9. The first kappa shape index (κ1) is 47.6. The summed E-state index contributed by atoms with van der Waals surface area (Å²) in [6, 6.07) is 80.2. The summed E-state index contributed by atoms with van der Waals surface area (Å²) in [4.78, 5) is 1.30. The quantitative estimate of drug-likeness (QED) is 0.161. The van der Waals surface area contributed by atoms with Crippen LogP contribution in [0.2, 0.25) is 0 Å². The van der Waals surface area contributed by atoms with Crippen LogP contribution in [0.4, 0.5) is 0 Å². The van der Waals surface area contributed by atoms with E-state index < -0.39 is 0 Å². The molecule has 1 unspecified atom stereocenters. The number of thiophene rings is 1. The SMILES string of the molecule is C=Cc1c(/C(=C\C)c2ccc(C)cc2)sc2ccccc12.Cc1ccc(-c2ccc3c(c2)C2(c4ccccc4-3)c3ccc4c(c3Cc3c2ccc2ccccc32)C=CCC4)cc1.Cc1ccccc1-c1ccccc1. The average Bonchev–Trinajstić information content (AvgIpc) is 3.98. The van der Waals surface area contributed by atoms with Gasteiger partial charge in [-0.15, -0.1) is 11.3 Å². The third kappa shape index (κ3) is 8.42. The van der Waals surface area contributed by atoms with Gasteiger partial charge in [0, 0.05) is 20.5 Å². The lowest BCUT2D eigenvalue weighted by Gasteiger charge is -2.42. The van der Waals surface area contributed by atoms with Gasteiger partial charge >= 0.3 is 0 Å². The molecule has 0 saturated carbocycles. The topological polar surface area (TPSA) is 0 Å². The summed E-state index contributed by atoms with van der Waals surface area (Å²) >= 11 is 1.84. The van der Waals surface area contributed by atoms with E-state index in [-0.39, 0.29) is 5.41 Å². The van der Waals surface area contributed by atoms with Crippen LogP contribution in [0, 0.1) is 20.8 Å². The molecule has 1 heteroatoms. The molecule has 0 fully saturated rings. The highest BCUT2D eigenvalue weighted by Crippen LogP contribution is 2.61. The fourth-order valence-corrected chi connectivity index (χ4v) is 13.6. The standard InChI is InChI=1S/C41H30.C20H18S.C13H12/c1-26-14-16-27(17-15-26)30-18-21-34-33-12-6-7-13-37(33)41(40(34)24-30)38-22-19-28-8-2-4-10-31(28)35(38)25-36-32-11-5-3-9-29(32)20-23-39(36)41;1-4-16(15-12-10-14(3)11-13-15)20-17(5-2)18-8-6-7-9-19(18)21-20;1-11-7-5-6-10-13(11)12-8-3-2-4-9-12/h2,4-8,10-24H,3,9,25H2,1H3;4-13H,2H2,1,3H3;2-10H,1H3/b;16-4-;. The second-order valence-electron chi connectivity index (χ2n) is 20.3. The molecule has 1 spiro atoms. The zero-order valence-corrected chi connectivity index (χ0v) is 44.1. The smallest absolute Gasteiger partial charge is 0.0719 e. The number of hydrogen-bond acceptors (Lipinski definition) is 1. The summed E-state index contributed by atoms with van der Waals surface area (Å²) in [5.74, 6) is 0. The molecule has 0 nitrogen and oxygen atoms in total. The van der Waals surface area contributed by atoms with Gasteiger partial charge in [-0.1, -0.05) is 248 Å². The van der Waals surface area contributed by atoms with Crippen LogP contribution in [-0.2, 0) is 18.3 Å². The molecule has 11 aromatic rings. The molecule has 14 rings (SSSR count). The molecule has 0 N–H and O–H groups in total. The fourth-order valence-electron chi connectivity index (χ4n) is 12.3. The van der Waals surface area contributed by atoms with Crippen LogP contribution in [0.3, 0.4) is 0 Å². The lowest BCUT2D eigenvalue weighted by molar-refractivity contribution is 0.722. The second kappa shape index (κ2) is 20.2. The normalized spacial score (nSPS) is 14.6. The lowest BCUT2D eigenvalue weighted by Crippen LogP contribution is -2.35. The molecule has 10 aromatic carbocycles. The van der Waals surface area contributed by atoms with Crippen molar-refractivity contribution in [1.82, 2.24) is 0 Å². The van der Waals surface area contributed by atoms with Crippen LogP contribution in [0.15, 0.2) is 237 Å². The van der Waals surface area contributed by atoms with Crippen molar-refractivity contribution in [3.63, 3.8) is 0 Å². The van der Waals surface area contributed by atoms with Crippen LogP contribution in [0.1, 0.15) is 90.5 Å². The minimum Gasteiger partial charge on any atom is -0.135 e. The van der Waals surface area contributed by atoms with Crippen LogP contribution in [0.25, 0.3) is 72.0 Å². The third-order valence-electron chi connectivity index (χ3n) is 15.9. The first-order chi connectivity index (χ1) is 36.8. The molecule has 3 aliphatic rings. The third-order valence-corrected chi connectivity index (χ3v) is 17.1. The van der Waals surface area contributed by atoms with Gasteiger partial charge in [-0.2, -0.15) is 0 Å². The Kier molecular flexibility index (Phi) is 12.8. The Bertz CT molecular complexity index is 4010. The zero-order valence-electron chi connectivity index (χ0n) is 43.3. The number of fused-ring (bicyclic) bond motifs is 14. The molecule has 0 radical (unpaired) electrons. The van der Waals surface area contributed by atoms with Gasteiger partial charge in [0.05, 0.1) is 5.41 Å². The summed E-state index contributed by atoms with van der Waals surface area (Å²) in [6.07, 6.45) is 12.2. The Labute approximate surface area is 447 Å². The largest absolute Gasteiger partial charge is 0.135 e. The molecule has 1 aromatic heterocycles. The van der Waals surface area contributed by atoms with Gasteiger partial charge < -0.3 is 0 Å². The van der Waals surface area contributed by atoms with Gasteiger partial charge in [-0.25, -0.2) is 0 Å². The van der Waals surface area contributed by atoms with Crippen LogP contribution >= 0.6 is 11.3 Å². The molecule has 362 valence electrons. The molecule has 75 heavy (non-hydrogen) atoms. The molecule has 3 aliphatic carbocycles. The minimum absolute atomic E-state index is 0.361. The zero-order chi connectivity index (χ0) is 51.0. The summed E-state index contributed by atoms with van der Waals surface area (Å²) in [7, 11) is 0. The van der Waals surface area contributed by atoms with Gasteiger partial charge in [-0.05, 0) is 164 Å². The van der Waals surface area contributed by atoms with Gasteiger partial charge in [0.15, 0.2) is 0 Å². The van der Waals surface area contributed by atoms with E-state index in [1.54, 1.807) is 0 Å². The van der Waals surface area contributed by atoms with E-state index in [4.69, 9.17) is 0 Å². The van der Waals surface area contributed by atoms with Gasteiger partial charge in [0.25, 0.3) is 0 Å². The second-order valence-corrected chi connectivity index (χ2v) is 21.4. The van der Waals surface area contributed by atoms with Crippen molar-refractivity contribution in [3.8, 4) is 33.4 Å². The van der Waals surface area contributed by atoms with Crippen LogP contribution in [0.5, 0.6) is 0 Å². The van der Waals surface area contributed by atoms with E-state index in [1.807, 2.05) is 23.5 Å². The number of aryl methyl sites for hydroxylation is 4. The van der Waals surface area contributed by atoms with E-state index in [0.717, 1.165) is 19.3 Å². The maximum atomic E-state index is 4.02.